The van der Waals surface area contributed by atoms with Gasteiger partial charge in [0.05, 0.1) is 22.3 Å². The molecule has 0 bridgehead atoms. The highest BCUT2D eigenvalue weighted by Gasteiger charge is 2.48. The van der Waals surface area contributed by atoms with Crippen LogP contribution >= 0.6 is 0 Å². The van der Waals surface area contributed by atoms with Crippen LogP contribution in [0.1, 0.15) is 41.4 Å². The second kappa shape index (κ2) is 5.96. The van der Waals surface area contributed by atoms with Gasteiger partial charge in [0.25, 0.3) is 23.6 Å². The van der Waals surface area contributed by atoms with E-state index in [0.29, 0.717) is 32.6 Å². The lowest BCUT2D eigenvalue weighted by atomic mass is 10.1. The van der Waals surface area contributed by atoms with Gasteiger partial charge < -0.3 is 4.42 Å². The van der Waals surface area contributed by atoms with Crippen molar-refractivity contribution in [2.45, 2.75) is 0 Å². The molecule has 4 amide bonds. The SMILES string of the molecule is O=C1c2ccccc2C(=O)N1N1C(=O)c2ccc(-c3nc4ccccc4o3)cc2C1=O. The number of para-hydroxylation sites is 2. The number of nitrogens with zero attached hydrogens (tertiary/aromatic N) is 3. The zero-order valence-corrected chi connectivity index (χ0v) is 15.7. The maximum absolute atomic E-state index is 13.1. The minimum atomic E-state index is -0.757. The summed E-state index contributed by atoms with van der Waals surface area (Å²) >= 11 is 0. The van der Waals surface area contributed by atoms with Gasteiger partial charge in [0.1, 0.15) is 5.52 Å². The number of hydrogen-bond donors (Lipinski definition) is 0. The van der Waals surface area contributed by atoms with E-state index >= 15 is 0 Å². The Morgan fingerprint density at radius 2 is 1.16 bits per heavy atom. The summed E-state index contributed by atoms with van der Waals surface area (Å²) in [5, 5.41) is 1.21. The van der Waals surface area contributed by atoms with Crippen molar-refractivity contribution in [2.75, 3.05) is 0 Å². The fourth-order valence-corrected chi connectivity index (χ4v) is 3.90. The van der Waals surface area contributed by atoms with Gasteiger partial charge >= 0.3 is 0 Å². The monoisotopic (exact) mass is 409 g/mol. The van der Waals surface area contributed by atoms with Crippen LogP contribution in [0.5, 0.6) is 0 Å². The van der Waals surface area contributed by atoms with Gasteiger partial charge in [0.2, 0.25) is 5.89 Å². The molecule has 0 N–H and O–H groups in total. The van der Waals surface area contributed by atoms with Gasteiger partial charge in [-0.15, -0.1) is 0 Å². The fraction of sp³-hybridized carbons (Fsp3) is 0. The number of rotatable bonds is 2. The summed E-state index contributed by atoms with van der Waals surface area (Å²) in [7, 11) is 0. The predicted octanol–water partition coefficient (Wildman–Crippen LogP) is 3.30. The molecular formula is C23H11N3O5. The largest absolute Gasteiger partial charge is 0.436 e. The third-order valence-electron chi connectivity index (χ3n) is 5.38. The van der Waals surface area contributed by atoms with Gasteiger partial charge in [0, 0.05) is 5.56 Å². The van der Waals surface area contributed by atoms with E-state index in [1.807, 2.05) is 12.1 Å². The Balaban J connectivity index is 1.41. The van der Waals surface area contributed by atoms with Gasteiger partial charge in [-0.2, -0.15) is 10.0 Å². The van der Waals surface area contributed by atoms with Crippen molar-refractivity contribution in [2.24, 2.45) is 0 Å². The van der Waals surface area contributed by atoms with E-state index in [9.17, 15) is 19.2 Å². The first kappa shape index (κ1) is 17.3. The summed E-state index contributed by atoms with van der Waals surface area (Å²) in [4.78, 5) is 56.0. The molecule has 0 spiro atoms. The summed E-state index contributed by atoms with van der Waals surface area (Å²) in [5.74, 6) is -2.63. The molecule has 1 aromatic heterocycles. The zero-order chi connectivity index (χ0) is 21.3. The zero-order valence-electron chi connectivity index (χ0n) is 15.7. The maximum atomic E-state index is 13.1. The molecule has 8 nitrogen and oxygen atoms in total. The van der Waals surface area contributed by atoms with E-state index in [1.165, 1.54) is 24.3 Å². The molecule has 6 rings (SSSR count). The van der Waals surface area contributed by atoms with Gasteiger partial charge in [-0.25, -0.2) is 4.98 Å². The van der Waals surface area contributed by atoms with Crippen molar-refractivity contribution in [1.82, 2.24) is 15.0 Å². The van der Waals surface area contributed by atoms with Crippen LogP contribution in [0.25, 0.3) is 22.6 Å². The molecular weight excluding hydrogens is 398 g/mol. The van der Waals surface area contributed by atoms with E-state index in [-0.39, 0.29) is 22.3 Å². The van der Waals surface area contributed by atoms with Gasteiger partial charge in [0.15, 0.2) is 5.58 Å². The molecule has 2 aliphatic rings. The predicted molar refractivity (Wildman–Crippen MR) is 107 cm³/mol. The number of hydrazine groups is 1. The lowest BCUT2D eigenvalue weighted by Gasteiger charge is -2.23. The lowest BCUT2D eigenvalue weighted by molar-refractivity contribution is 0.00845. The van der Waals surface area contributed by atoms with Crippen LogP contribution in [0, 0.1) is 0 Å². The quantitative estimate of drug-likeness (QED) is 0.471. The van der Waals surface area contributed by atoms with Gasteiger partial charge in [-0.3, -0.25) is 19.2 Å². The Kier molecular flexibility index (Phi) is 3.32. The van der Waals surface area contributed by atoms with E-state index in [0.717, 1.165) is 0 Å². The number of benzene rings is 3. The maximum Gasteiger partial charge on any atom is 0.281 e. The number of oxazole rings is 1. The molecule has 8 heteroatoms. The summed E-state index contributed by atoms with van der Waals surface area (Å²) < 4.78 is 5.74. The van der Waals surface area contributed by atoms with Crippen molar-refractivity contribution in [3.8, 4) is 11.5 Å². The summed E-state index contributed by atoms with van der Waals surface area (Å²) in [6, 6.07) is 18.0. The Bertz CT molecular complexity index is 1420. The highest BCUT2D eigenvalue weighted by molar-refractivity contribution is 6.28. The fourth-order valence-electron chi connectivity index (χ4n) is 3.90. The van der Waals surface area contributed by atoms with E-state index in [2.05, 4.69) is 4.98 Å². The summed E-state index contributed by atoms with van der Waals surface area (Å²) in [5.41, 5.74) is 2.22. The first-order valence-electron chi connectivity index (χ1n) is 9.41. The minimum Gasteiger partial charge on any atom is -0.436 e. The third kappa shape index (κ3) is 2.26. The van der Waals surface area contributed by atoms with Crippen molar-refractivity contribution >= 4 is 34.7 Å². The number of imide groups is 2. The molecule has 2 aliphatic heterocycles. The van der Waals surface area contributed by atoms with Gasteiger partial charge in [-0.05, 0) is 42.5 Å². The minimum absolute atomic E-state index is 0.0707. The number of aromatic nitrogens is 1. The van der Waals surface area contributed by atoms with Crippen LogP contribution in [0.3, 0.4) is 0 Å². The highest BCUT2D eigenvalue weighted by atomic mass is 16.3. The normalized spacial score (nSPS) is 15.2. The Hall–Kier alpha value is -4.59. The molecule has 4 aromatic rings. The van der Waals surface area contributed by atoms with Crippen molar-refractivity contribution in [1.29, 1.82) is 0 Å². The van der Waals surface area contributed by atoms with Crippen LogP contribution in [-0.4, -0.2) is 38.6 Å². The van der Waals surface area contributed by atoms with E-state index in [1.54, 1.807) is 30.3 Å². The number of carbonyl (C=O) groups excluding carboxylic acids is 4. The number of amides is 4. The third-order valence-corrected chi connectivity index (χ3v) is 5.38. The lowest BCUT2D eigenvalue weighted by Crippen LogP contribution is -2.49. The molecule has 0 fully saturated rings. The second-order valence-corrected chi connectivity index (χ2v) is 7.14. The first-order chi connectivity index (χ1) is 15.0. The Labute approximate surface area is 174 Å². The summed E-state index contributed by atoms with van der Waals surface area (Å²) in [6.07, 6.45) is 0. The Morgan fingerprint density at radius 1 is 0.613 bits per heavy atom. The first-order valence-corrected chi connectivity index (χ1v) is 9.41. The topological polar surface area (TPSA) is 101 Å². The standard InChI is InChI=1S/C23H11N3O5/c27-20-13-5-1-2-6-14(13)21(28)25(20)26-22(29)15-10-9-12(11-16(15)23(26)30)19-24-17-7-3-4-8-18(17)31-19/h1-11H. The average molecular weight is 409 g/mol. The molecule has 3 heterocycles. The van der Waals surface area contributed by atoms with Gasteiger partial charge in [-0.1, -0.05) is 24.3 Å². The molecule has 0 saturated carbocycles. The smallest absolute Gasteiger partial charge is 0.281 e. The van der Waals surface area contributed by atoms with E-state index in [4.69, 9.17) is 4.42 Å². The number of hydrogen-bond acceptors (Lipinski definition) is 6. The van der Waals surface area contributed by atoms with Crippen molar-refractivity contribution < 1.29 is 23.6 Å². The second-order valence-electron chi connectivity index (χ2n) is 7.14. The molecule has 0 aliphatic carbocycles. The molecule has 0 atom stereocenters. The van der Waals surface area contributed by atoms with Crippen molar-refractivity contribution in [3.05, 3.63) is 89.0 Å². The Morgan fingerprint density at radius 3 is 1.81 bits per heavy atom. The highest BCUT2D eigenvalue weighted by Crippen LogP contribution is 2.33. The van der Waals surface area contributed by atoms with E-state index < -0.39 is 23.6 Å². The van der Waals surface area contributed by atoms with Crippen LogP contribution < -0.4 is 0 Å². The average Bonchev–Trinajstić information content (AvgIpc) is 3.41. The van der Waals surface area contributed by atoms with Crippen LogP contribution in [-0.2, 0) is 0 Å². The molecule has 148 valence electrons. The molecule has 0 saturated heterocycles. The van der Waals surface area contributed by atoms with Crippen LogP contribution in [0.15, 0.2) is 71.1 Å². The molecule has 3 aromatic carbocycles. The summed E-state index contributed by atoms with van der Waals surface area (Å²) in [6.45, 7) is 0. The van der Waals surface area contributed by atoms with Crippen molar-refractivity contribution in [3.63, 3.8) is 0 Å². The van der Waals surface area contributed by atoms with Crippen LogP contribution in [0.2, 0.25) is 0 Å². The number of fused-ring (bicyclic) bond motifs is 3. The molecule has 0 radical (unpaired) electrons. The number of carbonyl (C=O) groups is 4. The molecule has 0 unspecified atom stereocenters. The van der Waals surface area contributed by atoms with Crippen LogP contribution in [0.4, 0.5) is 0 Å². The molecule has 31 heavy (non-hydrogen) atoms.